The summed E-state index contributed by atoms with van der Waals surface area (Å²) in [6.07, 6.45) is 1.88. The van der Waals surface area contributed by atoms with Crippen molar-refractivity contribution < 1.29 is 9.59 Å². The number of primary amides is 1. The fraction of sp³-hybridized carbons (Fsp3) is 0.176. The van der Waals surface area contributed by atoms with Gasteiger partial charge in [0, 0.05) is 30.1 Å². The molecule has 122 valence electrons. The number of anilines is 1. The number of carbonyl (C=O) groups excluding carboxylic acids is 2. The van der Waals surface area contributed by atoms with Crippen molar-refractivity contribution >= 4 is 28.5 Å². The number of rotatable bonds is 4. The number of hydrogen-bond acceptors (Lipinski definition) is 4. The van der Waals surface area contributed by atoms with Crippen LogP contribution >= 0.6 is 0 Å². The maximum atomic E-state index is 11.5. The molecule has 3 rings (SSSR count). The van der Waals surface area contributed by atoms with Crippen LogP contribution in [0.25, 0.3) is 22.3 Å². The Morgan fingerprint density at radius 1 is 1.21 bits per heavy atom. The molecule has 0 radical (unpaired) electrons. The van der Waals surface area contributed by atoms with E-state index in [1.54, 1.807) is 24.6 Å². The van der Waals surface area contributed by atoms with E-state index in [4.69, 9.17) is 5.73 Å². The predicted octanol–water partition coefficient (Wildman–Crippen LogP) is 2.08. The molecule has 0 aliphatic heterocycles. The van der Waals surface area contributed by atoms with Crippen LogP contribution in [-0.4, -0.2) is 26.3 Å². The van der Waals surface area contributed by atoms with Crippen LogP contribution in [0, 0.1) is 0 Å². The highest BCUT2D eigenvalue weighted by Crippen LogP contribution is 2.28. The van der Waals surface area contributed by atoms with Crippen molar-refractivity contribution in [2.75, 3.05) is 5.32 Å². The van der Waals surface area contributed by atoms with Crippen LogP contribution in [0.4, 0.5) is 5.69 Å². The van der Waals surface area contributed by atoms with Gasteiger partial charge in [0.1, 0.15) is 17.7 Å². The molecule has 0 saturated carbocycles. The number of nitrogens with zero attached hydrogens (tertiary/aromatic N) is 3. The summed E-state index contributed by atoms with van der Waals surface area (Å²) in [5.74, 6) is -0.555. The van der Waals surface area contributed by atoms with Gasteiger partial charge >= 0.3 is 0 Å². The molecule has 0 bridgehead atoms. The molecule has 0 aliphatic rings. The fourth-order valence-electron chi connectivity index (χ4n) is 2.56. The number of carbonyl (C=O) groups is 2. The van der Waals surface area contributed by atoms with E-state index in [2.05, 4.69) is 15.3 Å². The van der Waals surface area contributed by atoms with E-state index in [0.717, 1.165) is 16.6 Å². The first-order chi connectivity index (χ1) is 11.5. The van der Waals surface area contributed by atoms with Crippen LogP contribution < -0.4 is 11.1 Å². The third-order valence-electron chi connectivity index (χ3n) is 3.84. The van der Waals surface area contributed by atoms with Crippen molar-refractivity contribution in [1.82, 2.24) is 14.5 Å². The average molecular weight is 323 g/mol. The highest BCUT2D eigenvalue weighted by atomic mass is 16.2. The van der Waals surface area contributed by atoms with Crippen LogP contribution in [0.3, 0.4) is 0 Å². The zero-order valence-electron chi connectivity index (χ0n) is 13.4. The van der Waals surface area contributed by atoms with Crippen molar-refractivity contribution in [2.45, 2.75) is 13.3 Å². The van der Waals surface area contributed by atoms with E-state index in [9.17, 15) is 9.59 Å². The van der Waals surface area contributed by atoms with E-state index in [0.29, 0.717) is 23.5 Å². The molecule has 7 nitrogen and oxygen atoms in total. The van der Waals surface area contributed by atoms with Gasteiger partial charge in [-0.25, -0.2) is 9.97 Å². The summed E-state index contributed by atoms with van der Waals surface area (Å²) < 4.78 is 1.65. The molecule has 1 aromatic carbocycles. The number of nitrogens with one attached hydrogen (secondary N) is 1. The Bertz CT molecular complexity index is 928. The molecule has 0 atom stereocenters. The van der Waals surface area contributed by atoms with Crippen molar-refractivity contribution in [2.24, 2.45) is 12.8 Å². The van der Waals surface area contributed by atoms with Gasteiger partial charge in [-0.3, -0.25) is 9.59 Å². The highest BCUT2D eigenvalue weighted by molar-refractivity contribution is 6.00. The predicted molar refractivity (Wildman–Crippen MR) is 91.4 cm³/mol. The second-order valence-electron chi connectivity index (χ2n) is 5.39. The molecular weight excluding hydrogens is 306 g/mol. The van der Waals surface area contributed by atoms with Crippen LogP contribution in [0.5, 0.6) is 0 Å². The summed E-state index contributed by atoms with van der Waals surface area (Å²) in [5.41, 5.74) is 8.70. The molecule has 0 saturated heterocycles. The lowest BCUT2D eigenvalue weighted by molar-refractivity contribution is -0.115. The number of benzene rings is 1. The summed E-state index contributed by atoms with van der Waals surface area (Å²) in [6.45, 7) is 1.80. The van der Waals surface area contributed by atoms with Crippen molar-refractivity contribution in [3.8, 4) is 11.3 Å². The molecule has 0 fully saturated rings. The Balaban J connectivity index is 2.05. The average Bonchev–Trinajstić information content (AvgIpc) is 2.93. The monoisotopic (exact) mass is 323 g/mol. The third kappa shape index (κ3) is 2.71. The minimum atomic E-state index is -0.515. The lowest BCUT2D eigenvalue weighted by Crippen LogP contribution is -2.15. The Morgan fingerprint density at radius 2 is 1.92 bits per heavy atom. The van der Waals surface area contributed by atoms with E-state index >= 15 is 0 Å². The van der Waals surface area contributed by atoms with Gasteiger partial charge in [-0.05, 0) is 18.2 Å². The second-order valence-corrected chi connectivity index (χ2v) is 5.39. The summed E-state index contributed by atoms with van der Waals surface area (Å²) in [7, 11) is 1.74. The number of nitrogens with two attached hydrogens (primary N) is 1. The van der Waals surface area contributed by atoms with Gasteiger partial charge in [0.2, 0.25) is 5.91 Å². The number of amides is 2. The first-order valence-corrected chi connectivity index (χ1v) is 7.51. The molecule has 0 spiro atoms. The van der Waals surface area contributed by atoms with E-state index < -0.39 is 5.91 Å². The first kappa shape index (κ1) is 15.7. The molecule has 2 heterocycles. The minimum absolute atomic E-state index is 0.0404. The molecule has 3 N–H and O–H groups in total. The zero-order chi connectivity index (χ0) is 17.3. The summed E-state index contributed by atoms with van der Waals surface area (Å²) in [4.78, 5) is 31.5. The Hall–Kier alpha value is -3.22. The van der Waals surface area contributed by atoms with Crippen LogP contribution in [0.1, 0.15) is 23.8 Å². The largest absolute Gasteiger partial charge is 0.364 e. The van der Waals surface area contributed by atoms with Crippen molar-refractivity contribution in [3.05, 3.63) is 42.4 Å². The maximum absolute atomic E-state index is 11.5. The molecule has 2 aromatic heterocycles. The van der Waals surface area contributed by atoms with Gasteiger partial charge in [0.15, 0.2) is 0 Å². The molecule has 3 aromatic rings. The van der Waals surface area contributed by atoms with Crippen molar-refractivity contribution in [3.63, 3.8) is 0 Å². The Morgan fingerprint density at radius 3 is 2.54 bits per heavy atom. The molecule has 24 heavy (non-hydrogen) atoms. The van der Waals surface area contributed by atoms with Crippen LogP contribution in [-0.2, 0) is 11.8 Å². The van der Waals surface area contributed by atoms with E-state index in [1.807, 2.05) is 24.3 Å². The first-order valence-electron chi connectivity index (χ1n) is 7.51. The third-order valence-corrected chi connectivity index (χ3v) is 3.84. The van der Waals surface area contributed by atoms with Crippen LogP contribution in [0.2, 0.25) is 0 Å². The molecular formula is C17H17N5O2. The maximum Gasteiger partial charge on any atom is 0.265 e. The van der Waals surface area contributed by atoms with Gasteiger partial charge in [0.05, 0.1) is 5.69 Å². The topological polar surface area (TPSA) is 103 Å². The minimum Gasteiger partial charge on any atom is -0.364 e. The van der Waals surface area contributed by atoms with Gasteiger partial charge in [0.25, 0.3) is 5.91 Å². The molecule has 0 aliphatic carbocycles. The number of aromatic nitrogens is 3. The summed E-state index contributed by atoms with van der Waals surface area (Å²) in [5, 5.41) is 3.55. The van der Waals surface area contributed by atoms with Crippen LogP contribution in [0.15, 0.2) is 36.7 Å². The van der Waals surface area contributed by atoms with Crippen molar-refractivity contribution in [1.29, 1.82) is 0 Å². The van der Waals surface area contributed by atoms with E-state index in [-0.39, 0.29) is 5.91 Å². The molecule has 2 amide bonds. The van der Waals surface area contributed by atoms with E-state index in [1.165, 1.54) is 6.33 Å². The number of aryl methyl sites for hydroxylation is 1. The zero-order valence-corrected chi connectivity index (χ0v) is 13.4. The van der Waals surface area contributed by atoms with Gasteiger partial charge in [-0.15, -0.1) is 0 Å². The number of hydrogen-bond donors (Lipinski definition) is 2. The Kier molecular flexibility index (Phi) is 3.99. The molecule has 7 heteroatoms. The molecule has 0 unspecified atom stereocenters. The summed E-state index contributed by atoms with van der Waals surface area (Å²) in [6, 6.07) is 9.05. The quantitative estimate of drug-likeness (QED) is 0.767. The Labute approximate surface area is 138 Å². The van der Waals surface area contributed by atoms with Gasteiger partial charge in [-0.1, -0.05) is 19.1 Å². The standard InChI is InChI=1S/C17H17N5O2/c1-3-14(23)21-11-6-4-10(5-7-11)15-12-8-13(16(18)24)22(2)17(12)20-9-19-15/h4-9H,3H2,1-2H3,(H2,18,24)(H,21,23). The highest BCUT2D eigenvalue weighted by Gasteiger charge is 2.15. The van der Waals surface area contributed by atoms with Gasteiger partial charge < -0.3 is 15.6 Å². The second kappa shape index (κ2) is 6.11. The summed E-state index contributed by atoms with van der Waals surface area (Å²) >= 11 is 0. The number of fused-ring (bicyclic) bond motifs is 1. The lowest BCUT2D eigenvalue weighted by atomic mass is 10.1. The normalized spacial score (nSPS) is 10.8. The lowest BCUT2D eigenvalue weighted by Gasteiger charge is -2.06. The smallest absolute Gasteiger partial charge is 0.265 e. The van der Waals surface area contributed by atoms with Gasteiger partial charge in [-0.2, -0.15) is 0 Å². The fourth-order valence-corrected chi connectivity index (χ4v) is 2.56. The SMILES string of the molecule is CCC(=O)Nc1ccc(-c2ncnc3c2cc(C(N)=O)n3C)cc1.